The third kappa shape index (κ3) is 4.48. The number of anilines is 1. The summed E-state index contributed by atoms with van der Waals surface area (Å²) in [6, 6.07) is 4.28. The van der Waals surface area contributed by atoms with Gasteiger partial charge in [-0.05, 0) is 36.0 Å². The number of rotatable bonds is 5. The molecule has 134 valence electrons. The first-order chi connectivity index (χ1) is 11.6. The van der Waals surface area contributed by atoms with Gasteiger partial charge in [-0.25, -0.2) is 4.79 Å². The molecule has 1 heterocycles. The quantitative estimate of drug-likeness (QED) is 0.870. The summed E-state index contributed by atoms with van der Waals surface area (Å²) in [5, 5.41) is 12.5. The maximum absolute atomic E-state index is 12.8. The summed E-state index contributed by atoms with van der Waals surface area (Å²) in [5.74, 6) is -0.0167. The number of nitrogens with one attached hydrogen (secondary N) is 1. The van der Waals surface area contributed by atoms with Crippen LogP contribution in [-0.4, -0.2) is 48.9 Å². The molecule has 1 atom stereocenters. The molecule has 0 aliphatic carbocycles. The number of aliphatic hydroxyl groups excluding tert-OH is 1. The average molecular weight is 334 g/mol. The van der Waals surface area contributed by atoms with Crippen LogP contribution in [-0.2, 0) is 24.0 Å². The number of carbonyl (C=O) groups excluding carboxylic acids is 1. The van der Waals surface area contributed by atoms with Crippen molar-refractivity contribution >= 4 is 11.7 Å². The van der Waals surface area contributed by atoms with Crippen LogP contribution in [0.5, 0.6) is 0 Å². The van der Waals surface area contributed by atoms with Crippen molar-refractivity contribution in [3.05, 3.63) is 28.8 Å². The lowest BCUT2D eigenvalue weighted by molar-refractivity contribution is 0.0958. The van der Waals surface area contributed by atoms with Crippen molar-refractivity contribution in [1.82, 2.24) is 4.90 Å². The molecule has 1 aliphatic rings. The van der Waals surface area contributed by atoms with Gasteiger partial charge >= 0.3 is 6.03 Å². The van der Waals surface area contributed by atoms with Crippen molar-refractivity contribution in [2.24, 2.45) is 5.92 Å². The highest BCUT2D eigenvalue weighted by atomic mass is 16.5. The average Bonchev–Trinajstić information content (AvgIpc) is 2.87. The van der Waals surface area contributed by atoms with Crippen molar-refractivity contribution in [2.45, 2.75) is 40.0 Å². The molecule has 5 heteroatoms. The Morgan fingerprint density at radius 2 is 1.92 bits per heavy atom. The summed E-state index contributed by atoms with van der Waals surface area (Å²) >= 11 is 0. The van der Waals surface area contributed by atoms with Crippen LogP contribution in [0.25, 0.3) is 0 Å². The molecule has 1 aromatic carbocycles. The number of nitrogens with zero attached hydrogens (tertiary/aromatic N) is 1. The molecule has 2 rings (SSSR count). The van der Waals surface area contributed by atoms with E-state index in [1.807, 2.05) is 0 Å². The smallest absolute Gasteiger partial charge is 0.321 e. The molecule has 0 bridgehead atoms. The summed E-state index contributed by atoms with van der Waals surface area (Å²) in [5.41, 5.74) is 4.63. The Kier molecular flexibility index (Phi) is 7.06. The second-order valence-corrected chi connectivity index (χ2v) is 6.35. The monoisotopic (exact) mass is 334 g/mol. The summed E-state index contributed by atoms with van der Waals surface area (Å²) < 4.78 is 5.47. The van der Waals surface area contributed by atoms with Gasteiger partial charge in [0.15, 0.2) is 0 Å². The lowest BCUT2D eigenvalue weighted by Crippen LogP contribution is -2.40. The van der Waals surface area contributed by atoms with Crippen LogP contribution in [0.2, 0.25) is 0 Å². The third-order valence-electron chi connectivity index (χ3n) is 4.65. The van der Waals surface area contributed by atoms with E-state index in [0.717, 1.165) is 24.9 Å². The highest BCUT2D eigenvalue weighted by Crippen LogP contribution is 2.26. The lowest BCUT2D eigenvalue weighted by atomic mass is 9.98. The van der Waals surface area contributed by atoms with Crippen molar-refractivity contribution in [2.75, 3.05) is 38.2 Å². The molecule has 1 unspecified atom stereocenters. The summed E-state index contributed by atoms with van der Waals surface area (Å²) in [6.45, 7) is 8.52. The number of benzene rings is 1. The number of carbonyl (C=O) groups is 1. The first-order valence-electron chi connectivity index (χ1n) is 9.02. The Labute approximate surface area is 145 Å². The highest BCUT2D eigenvalue weighted by Gasteiger charge is 2.23. The number of hydrogen-bond acceptors (Lipinski definition) is 3. The van der Waals surface area contributed by atoms with Crippen LogP contribution in [0.3, 0.4) is 0 Å². The van der Waals surface area contributed by atoms with Crippen molar-refractivity contribution in [3.63, 3.8) is 0 Å². The van der Waals surface area contributed by atoms with E-state index < -0.39 is 0 Å². The van der Waals surface area contributed by atoms with Gasteiger partial charge in [-0.2, -0.15) is 0 Å². The zero-order valence-electron chi connectivity index (χ0n) is 15.1. The Bertz CT molecular complexity index is 535. The summed E-state index contributed by atoms with van der Waals surface area (Å²) in [6.07, 6.45) is 2.77. The first-order valence-corrected chi connectivity index (χ1v) is 9.02. The second kappa shape index (κ2) is 9.04. The maximum Gasteiger partial charge on any atom is 0.321 e. The molecule has 5 nitrogen and oxygen atoms in total. The van der Waals surface area contributed by atoms with Gasteiger partial charge in [0.2, 0.25) is 0 Å². The van der Waals surface area contributed by atoms with Crippen molar-refractivity contribution in [3.8, 4) is 0 Å². The molecule has 0 radical (unpaired) electrons. The molecule has 1 fully saturated rings. The van der Waals surface area contributed by atoms with E-state index in [9.17, 15) is 9.90 Å². The normalized spacial score (nSPS) is 18.3. The van der Waals surface area contributed by atoms with Crippen LogP contribution in [0.15, 0.2) is 12.1 Å². The molecule has 1 aromatic rings. The SMILES string of the molecule is CCc1cc(CC)c(NC(=O)N2CCOCC(CO)C2)c(CC)c1. The van der Waals surface area contributed by atoms with E-state index in [-0.39, 0.29) is 18.6 Å². The number of hydrogen-bond donors (Lipinski definition) is 2. The predicted octanol–water partition coefficient (Wildman–Crippen LogP) is 2.85. The Hall–Kier alpha value is -1.59. The van der Waals surface area contributed by atoms with Gasteiger partial charge < -0.3 is 20.1 Å². The number of ether oxygens (including phenoxy) is 1. The largest absolute Gasteiger partial charge is 0.396 e. The number of amides is 2. The Morgan fingerprint density at radius 1 is 1.25 bits per heavy atom. The van der Waals surface area contributed by atoms with E-state index in [0.29, 0.717) is 26.3 Å². The molecule has 24 heavy (non-hydrogen) atoms. The molecule has 0 spiro atoms. The van der Waals surface area contributed by atoms with Crippen molar-refractivity contribution in [1.29, 1.82) is 0 Å². The van der Waals surface area contributed by atoms with E-state index in [1.165, 1.54) is 16.7 Å². The summed E-state index contributed by atoms with van der Waals surface area (Å²) in [4.78, 5) is 14.5. The van der Waals surface area contributed by atoms with Gasteiger partial charge in [-0.3, -0.25) is 0 Å². The molecular formula is C19H30N2O3. The molecular weight excluding hydrogens is 304 g/mol. The van der Waals surface area contributed by atoms with E-state index in [4.69, 9.17) is 4.74 Å². The second-order valence-electron chi connectivity index (χ2n) is 6.35. The van der Waals surface area contributed by atoms with Gasteiger partial charge in [0, 0.05) is 31.3 Å². The Morgan fingerprint density at radius 3 is 2.46 bits per heavy atom. The minimum Gasteiger partial charge on any atom is -0.396 e. The molecule has 0 aromatic heterocycles. The van der Waals surface area contributed by atoms with Gasteiger partial charge in [0.25, 0.3) is 0 Å². The molecule has 2 amide bonds. The molecule has 1 saturated heterocycles. The minimum atomic E-state index is -0.104. The summed E-state index contributed by atoms with van der Waals surface area (Å²) in [7, 11) is 0. The van der Waals surface area contributed by atoms with Crippen LogP contribution >= 0.6 is 0 Å². The molecule has 2 N–H and O–H groups in total. The fraction of sp³-hybridized carbons (Fsp3) is 0.632. The van der Waals surface area contributed by atoms with E-state index >= 15 is 0 Å². The first kappa shape index (κ1) is 18.7. The number of aliphatic hydroxyl groups is 1. The standard InChI is InChI=1S/C19H30N2O3/c1-4-14-9-16(5-2)18(17(6-3)10-14)20-19(23)21-7-8-24-13-15(11-21)12-22/h9-10,15,22H,4-8,11-13H2,1-3H3,(H,20,23). The number of urea groups is 1. The fourth-order valence-electron chi connectivity index (χ4n) is 3.12. The maximum atomic E-state index is 12.8. The number of aryl methyl sites for hydroxylation is 3. The molecule has 0 saturated carbocycles. The van der Waals surface area contributed by atoms with Crippen LogP contribution in [0.4, 0.5) is 10.5 Å². The van der Waals surface area contributed by atoms with E-state index in [1.54, 1.807) is 4.90 Å². The predicted molar refractivity (Wildman–Crippen MR) is 96.6 cm³/mol. The van der Waals surface area contributed by atoms with Gasteiger partial charge in [-0.1, -0.05) is 32.9 Å². The topological polar surface area (TPSA) is 61.8 Å². The van der Waals surface area contributed by atoms with Gasteiger partial charge in [0.05, 0.1) is 13.2 Å². The molecule has 1 aliphatic heterocycles. The van der Waals surface area contributed by atoms with Gasteiger partial charge in [0.1, 0.15) is 0 Å². The third-order valence-corrected chi connectivity index (χ3v) is 4.65. The van der Waals surface area contributed by atoms with Crippen LogP contribution in [0.1, 0.15) is 37.5 Å². The van der Waals surface area contributed by atoms with Crippen LogP contribution < -0.4 is 5.32 Å². The van der Waals surface area contributed by atoms with Crippen molar-refractivity contribution < 1.29 is 14.6 Å². The minimum absolute atomic E-state index is 0.0167. The zero-order chi connectivity index (χ0) is 17.5. The fourth-order valence-corrected chi connectivity index (χ4v) is 3.12. The highest BCUT2D eigenvalue weighted by molar-refractivity contribution is 5.91. The van der Waals surface area contributed by atoms with Gasteiger partial charge in [-0.15, -0.1) is 0 Å². The lowest BCUT2D eigenvalue weighted by Gasteiger charge is -2.25. The van der Waals surface area contributed by atoms with E-state index in [2.05, 4.69) is 38.2 Å². The zero-order valence-corrected chi connectivity index (χ0v) is 15.1. The van der Waals surface area contributed by atoms with Crippen LogP contribution in [0, 0.1) is 5.92 Å². The Balaban J connectivity index is 2.21.